The molecule has 2 amide bonds. The fraction of sp³-hybridized carbons (Fsp3) is 0.217. The summed E-state index contributed by atoms with van der Waals surface area (Å²) in [6.45, 7) is 6.76. The number of hydrogen-bond donors (Lipinski definition) is 2. The van der Waals surface area contributed by atoms with Crippen molar-refractivity contribution >= 4 is 17.5 Å². The van der Waals surface area contributed by atoms with Gasteiger partial charge in [0.15, 0.2) is 0 Å². The second-order valence-electron chi connectivity index (χ2n) is 7.79. The lowest BCUT2D eigenvalue weighted by Crippen LogP contribution is -2.23. The standard InChI is InChI=1S/C23H24N4O2/c1-23(2,3)19-6-8-20(9-7-19)27-22(29)18-11-17(14-25-15-18)21(28)26-13-16-5-4-10-24-12-16/h4-12,14-15H,13H2,1-3H3,(H,26,28)(H,27,29). The van der Waals surface area contributed by atoms with Crippen molar-refractivity contribution in [3.8, 4) is 0 Å². The highest BCUT2D eigenvalue weighted by Crippen LogP contribution is 2.23. The average molecular weight is 388 g/mol. The van der Waals surface area contributed by atoms with Crippen LogP contribution in [-0.2, 0) is 12.0 Å². The number of amides is 2. The summed E-state index contributed by atoms with van der Waals surface area (Å²) in [5.74, 6) is -0.617. The predicted molar refractivity (Wildman–Crippen MR) is 113 cm³/mol. The van der Waals surface area contributed by atoms with Gasteiger partial charge in [-0.2, -0.15) is 0 Å². The Balaban J connectivity index is 1.65. The van der Waals surface area contributed by atoms with E-state index in [1.165, 1.54) is 24.0 Å². The van der Waals surface area contributed by atoms with E-state index in [0.717, 1.165) is 5.56 Å². The Bertz CT molecular complexity index is 993. The van der Waals surface area contributed by atoms with Gasteiger partial charge in [-0.05, 0) is 40.8 Å². The van der Waals surface area contributed by atoms with Crippen molar-refractivity contribution < 1.29 is 9.59 Å². The Kier molecular flexibility index (Phi) is 6.02. The summed E-state index contributed by atoms with van der Waals surface area (Å²) in [7, 11) is 0. The van der Waals surface area contributed by atoms with Gasteiger partial charge >= 0.3 is 0 Å². The van der Waals surface area contributed by atoms with Crippen LogP contribution in [0.15, 0.2) is 67.3 Å². The molecule has 0 aliphatic rings. The van der Waals surface area contributed by atoms with Crippen LogP contribution < -0.4 is 10.6 Å². The molecule has 0 saturated heterocycles. The number of nitrogens with one attached hydrogen (secondary N) is 2. The number of nitrogens with zero attached hydrogens (tertiary/aromatic N) is 2. The van der Waals surface area contributed by atoms with Crippen LogP contribution in [0.2, 0.25) is 0 Å². The molecule has 6 nitrogen and oxygen atoms in total. The summed E-state index contributed by atoms with van der Waals surface area (Å²) in [5, 5.41) is 5.64. The molecular formula is C23H24N4O2. The maximum absolute atomic E-state index is 12.6. The number of carbonyl (C=O) groups is 2. The molecule has 0 aliphatic heterocycles. The minimum atomic E-state index is -0.317. The number of rotatable bonds is 5. The molecule has 0 aliphatic carbocycles. The average Bonchev–Trinajstić information content (AvgIpc) is 2.72. The molecule has 2 N–H and O–H groups in total. The lowest BCUT2D eigenvalue weighted by molar-refractivity contribution is 0.0950. The molecule has 6 heteroatoms. The van der Waals surface area contributed by atoms with Gasteiger partial charge in [0, 0.05) is 37.0 Å². The number of anilines is 1. The van der Waals surface area contributed by atoms with Crippen LogP contribution >= 0.6 is 0 Å². The van der Waals surface area contributed by atoms with E-state index in [9.17, 15) is 9.59 Å². The molecule has 2 aromatic heterocycles. The number of pyridine rings is 2. The molecule has 0 atom stereocenters. The summed E-state index contributed by atoms with van der Waals surface area (Å²) in [5.41, 5.74) is 3.45. The van der Waals surface area contributed by atoms with E-state index in [1.54, 1.807) is 12.4 Å². The zero-order valence-corrected chi connectivity index (χ0v) is 16.8. The Morgan fingerprint density at radius 3 is 2.21 bits per heavy atom. The summed E-state index contributed by atoms with van der Waals surface area (Å²) in [4.78, 5) is 33.0. The Hall–Kier alpha value is -3.54. The molecule has 0 radical (unpaired) electrons. The van der Waals surface area contributed by atoms with Crippen molar-refractivity contribution in [2.45, 2.75) is 32.7 Å². The molecule has 1 aromatic carbocycles. The first kappa shape index (κ1) is 20.2. The number of benzene rings is 1. The van der Waals surface area contributed by atoms with Crippen molar-refractivity contribution in [1.29, 1.82) is 0 Å². The van der Waals surface area contributed by atoms with Crippen molar-refractivity contribution in [3.05, 3.63) is 89.5 Å². The molecule has 3 rings (SSSR count). The van der Waals surface area contributed by atoms with Crippen molar-refractivity contribution in [2.75, 3.05) is 5.32 Å². The van der Waals surface area contributed by atoms with Crippen molar-refractivity contribution in [1.82, 2.24) is 15.3 Å². The smallest absolute Gasteiger partial charge is 0.257 e. The van der Waals surface area contributed by atoms with Gasteiger partial charge in [0.25, 0.3) is 11.8 Å². The maximum Gasteiger partial charge on any atom is 0.257 e. The zero-order chi connectivity index (χ0) is 20.9. The Labute approximate surface area is 170 Å². The topological polar surface area (TPSA) is 84.0 Å². The normalized spacial score (nSPS) is 11.0. The molecule has 29 heavy (non-hydrogen) atoms. The highest BCUT2D eigenvalue weighted by molar-refractivity contribution is 6.05. The van der Waals surface area contributed by atoms with Crippen LogP contribution in [0.4, 0.5) is 5.69 Å². The van der Waals surface area contributed by atoms with E-state index >= 15 is 0 Å². The first-order valence-electron chi connectivity index (χ1n) is 9.37. The van der Waals surface area contributed by atoms with E-state index in [-0.39, 0.29) is 17.2 Å². The van der Waals surface area contributed by atoms with Gasteiger partial charge in [-0.1, -0.05) is 39.0 Å². The van der Waals surface area contributed by atoms with Gasteiger partial charge in [0.1, 0.15) is 0 Å². The van der Waals surface area contributed by atoms with Crippen LogP contribution in [0.1, 0.15) is 52.6 Å². The fourth-order valence-corrected chi connectivity index (χ4v) is 2.73. The minimum absolute atomic E-state index is 0.0456. The maximum atomic E-state index is 12.6. The van der Waals surface area contributed by atoms with Gasteiger partial charge < -0.3 is 10.6 Å². The van der Waals surface area contributed by atoms with Gasteiger partial charge in [-0.25, -0.2) is 0 Å². The molecule has 148 valence electrons. The summed E-state index contributed by atoms with van der Waals surface area (Å²) in [6, 6.07) is 13.0. The Morgan fingerprint density at radius 2 is 1.59 bits per heavy atom. The van der Waals surface area contributed by atoms with Gasteiger partial charge in [-0.3, -0.25) is 19.6 Å². The first-order valence-corrected chi connectivity index (χ1v) is 9.37. The van der Waals surface area contributed by atoms with Crippen LogP contribution in [0.5, 0.6) is 0 Å². The van der Waals surface area contributed by atoms with Gasteiger partial charge in [-0.15, -0.1) is 0 Å². The third-order valence-electron chi connectivity index (χ3n) is 4.45. The third-order valence-corrected chi connectivity index (χ3v) is 4.45. The van der Waals surface area contributed by atoms with Crippen LogP contribution in [-0.4, -0.2) is 21.8 Å². The highest BCUT2D eigenvalue weighted by Gasteiger charge is 2.14. The number of aromatic nitrogens is 2. The summed E-state index contributed by atoms with van der Waals surface area (Å²) >= 11 is 0. The second-order valence-corrected chi connectivity index (χ2v) is 7.79. The monoisotopic (exact) mass is 388 g/mol. The van der Waals surface area contributed by atoms with Gasteiger partial charge in [0.2, 0.25) is 0 Å². The Morgan fingerprint density at radius 1 is 0.897 bits per heavy atom. The van der Waals surface area contributed by atoms with Gasteiger partial charge in [0.05, 0.1) is 11.1 Å². The quantitative estimate of drug-likeness (QED) is 0.693. The fourth-order valence-electron chi connectivity index (χ4n) is 2.73. The van der Waals surface area contributed by atoms with Crippen molar-refractivity contribution in [3.63, 3.8) is 0 Å². The molecule has 2 heterocycles. The minimum Gasteiger partial charge on any atom is -0.348 e. The summed E-state index contributed by atoms with van der Waals surface area (Å²) < 4.78 is 0. The zero-order valence-electron chi connectivity index (χ0n) is 16.8. The molecule has 0 spiro atoms. The van der Waals surface area contributed by atoms with E-state index < -0.39 is 0 Å². The van der Waals surface area contributed by atoms with Crippen molar-refractivity contribution in [2.24, 2.45) is 0 Å². The lowest BCUT2D eigenvalue weighted by atomic mass is 9.87. The number of carbonyl (C=O) groups excluding carboxylic acids is 2. The summed E-state index contributed by atoms with van der Waals surface area (Å²) in [6.07, 6.45) is 6.24. The van der Waals surface area contributed by atoms with Crippen LogP contribution in [0.3, 0.4) is 0 Å². The number of hydrogen-bond acceptors (Lipinski definition) is 4. The molecular weight excluding hydrogens is 364 g/mol. The molecule has 0 saturated carbocycles. The van der Waals surface area contributed by atoms with E-state index in [0.29, 0.717) is 23.4 Å². The molecule has 0 fully saturated rings. The van der Waals surface area contributed by atoms with Crippen LogP contribution in [0.25, 0.3) is 0 Å². The largest absolute Gasteiger partial charge is 0.348 e. The predicted octanol–water partition coefficient (Wildman–Crippen LogP) is 3.96. The van der Waals surface area contributed by atoms with E-state index in [2.05, 4.69) is 41.4 Å². The molecule has 0 unspecified atom stereocenters. The SMILES string of the molecule is CC(C)(C)c1ccc(NC(=O)c2cncc(C(=O)NCc3cccnc3)c2)cc1. The molecule has 3 aromatic rings. The van der Waals surface area contributed by atoms with E-state index in [1.807, 2.05) is 36.4 Å². The van der Waals surface area contributed by atoms with E-state index in [4.69, 9.17) is 0 Å². The lowest BCUT2D eigenvalue weighted by Gasteiger charge is -2.19. The second kappa shape index (κ2) is 8.65. The highest BCUT2D eigenvalue weighted by atomic mass is 16.2. The molecule has 0 bridgehead atoms. The van der Waals surface area contributed by atoms with Crippen LogP contribution in [0, 0.1) is 0 Å². The first-order chi connectivity index (χ1) is 13.8. The third kappa shape index (κ3) is 5.48.